The number of rotatable bonds is 45. The Morgan fingerprint density at radius 1 is 0.296 bits per heavy atom. The molecule has 0 aliphatic heterocycles. The molecule has 0 bridgehead atoms. The lowest BCUT2D eigenvalue weighted by atomic mass is 10.1. The Hall–Kier alpha value is -1.58. The van der Waals surface area contributed by atoms with Gasteiger partial charge in [-0.2, -0.15) is 0 Å². The summed E-state index contributed by atoms with van der Waals surface area (Å²) in [6, 6.07) is 0. The van der Waals surface area contributed by atoms with Gasteiger partial charge in [-0.05, 0) is 77.0 Å². The molecule has 0 saturated carbocycles. The molecule has 0 aromatic carbocycles. The van der Waals surface area contributed by atoms with E-state index >= 15 is 0 Å². The molecule has 318 valence electrons. The predicted molar refractivity (Wildman–Crippen MR) is 240 cm³/mol. The molecule has 2 amide bonds. The number of carbonyl (C=O) groups excluding carboxylic acids is 2. The van der Waals surface area contributed by atoms with Gasteiger partial charge in [0, 0.05) is 25.9 Å². The van der Waals surface area contributed by atoms with Crippen LogP contribution in [0.2, 0.25) is 0 Å². The van der Waals surface area contributed by atoms with Crippen molar-refractivity contribution in [3.63, 3.8) is 0 Å². The smallest absolute Gasteiger partial charge is 0.219 e. The van der Waals surface area contributed by atoms with Crippen molar-refractivity contribution >= 4 is 11.8 Å². The van der Waals surface area contributed by atoms with E-state index in [1.54, 1.807) is 0 Å². The molecule has 0 aliphatic rings. The van der Waals surface area contributed by atoms with Gasteiger partial charge in [0.1, 0.15) is 0 Å². The van der Waals surface area contributed by atoms with Crippen LogP contribution in [0.4, 0.5) is 0 Å². The van der Waals surface area contributed by atoms with E-state index in [1.165, 1.54) is 218 Å². The lowest BCUT2D eigenvalue weighted by Crippen LogP contribution is -2.25. The molecular weight excluding hydrogens is 661 g/mol. The minimum atomic E-state index is 0.144. The number of hydrogen-bond acceptors (Lipinski definition) is 2. The van der Waals surface area contributed by atoms with E-state index in [0.29, 0.717) is 12.8 Å². The molecule has 2 N–H and O–H groups in total. The maximum absolute atomic E-state index is 12.1. The second-order valence-corrected chi connectivity index (χ2v) is 16.6. The van der Waals surface area contributed by atoms with Gasteiger partial charge in [-0.1, -0.05) is 205 Å². The Bertz CT molecular complexity index is 740. The van der Waals surface area contributed by atoms with Crippen molar-refractivity contribution in [3.8, 4) is 0 Å². The van der Waals surface area contributed by atoms with Crippen LogP contribution in [0.15, 0.2) is 24.3 Å². The van der Waals surface area contributed by atoms with Crippen molar-refractivity contribution < 1.29 is 9.59 Å². The molecule has 0 spiro atoms. The third kappa shape index (κ3) is 46.6. The molecule has 0 fully saturated rings. The van der Waals surface area contributed by atoms with E-state index in [9.17, 15) is 9.59 Å². The molecule has 0 rings (SSSR count). The second-order valence-electron chi connectivity index (χ2n) is 16.6. The Balaban J connectivity index is 3.28. The zero-order valence-electron chi connectivity index (χ0n) is 36.8. The Kier molecular flexibility index (Phi) is 46.2. The first-order valence-corrected chi connectivity index (χ1v) is 24.5. The molecule has 0 atom stereocenters. The van der Waals surface area contributed by atoms with E-state index in [2.05, 4.69) is 48.8 Å². The van der Waals surface area contributed by atoms with Crippen LogP contribution in [0.1, 0.15) is 271 Å². The van der Waals surface area contributed by atoms with Gasteiger partial charge in [0.05, 0.1) is 0 Å². The van der Waals surface area contributed by atoms with Crippen LogP contribution < -0.4 is 10.6 Å². The van der Waals surface area contributed by atoms with Gasteiger partial charge < -0.3 is 10.6 Å². The molecule has 0 aromatic rings. The second kappa shape index (κ2) is 47.6. The van der Waals surface area contributed by atoms with Crippen LogP contribution in [-0.4, -0.2) is 24.9 Å². The van der Waals surface area contributed by atoms with Gasteiger partial charge in [-0.25, -0.2) is 0 Å². The first-order chi connectivity index (χ1) is 26.7. The normalized spacial score (nSPS) is 11.7. The lowest BCUT2D eigenvalue weighted by Gasteiger charge is -2.07. The molecule has 0 saturated heterocycles. The summed E-state index contributed by atoms with van der Waals surface area (Å²) < 4.78 is 0. The van der Waals surface area contributed by atoms with Crippen molar-refractivity contribution in [2.24, 2.45) is 0 Å². The summed E-state index contributed by atoms with van der Waals surface area (Å²) in [5.74, 6) is 0.288. The minimum absolute atomic E-state index is 0.144. The Labute approximate surface area is 339 Å². The largest absolute Gasteiger partial charge is 0.356 e. The Morgan fingerprint density at radius 3 is 0.778 bits per heavy atom. The van der Waals surface area contributed by atoms with Crippen LogP contribution in [0, 0.1) is 0 Å². The van der Waals surface area contributed by atoms with E-state index < -0.39 is 0 Å². The molecule has 0 aliphatic carbocycles. The third-order valence-electron chi connectivity index (χ3n) is 11.1. The summed E-state index contributed by atoms with van der Waals surface area (Å²) >= 11 is 0. The van der Waals surface area contributed by atoms with Crippen LogP contribution >= 0.6 is 0 Å². The molecule has 4 nitrogen and oxygen atoms in total. The average Bonchev–Trinajstić information content (AvgIpc) is 3.17. The zero-order chi connectivity index (χ0) is 39.1. The number of amides is 2. The zero-order valence-corrected chi connectivity index (χ0v) is 36.8. The van der Waals surface area contributed by atoms with Gasteiger partial charge in [-0.3, -0.25) is 9.59 Å². The molecule has 0 unspecified atom stereocenters. The number of nitrogens with one attached hydrogen (secondary N) is 2. The van der Waals surface area contributed by atoms with E-state index in [1.807, 2.05) is 0 Å². The molecule has 0 aromatic heterocycles. The van der Waals surface area contributed by atoms with Crippen LogP contribution in [-0.2, 0) is 9.59 Å². The summed E-state index contributed by atoms with van der Waals surface area (Å²) in [5, 5.41) is 6.15. The molecule has 0 heterocycles. The van der Waals surface area contributed by atoms with Crippen molar-refractivity contribution in [2.45, 2.75) is 271 Å². The van der Waals surface area contributed by atoms with E-state index in [-0.39, 0.29) is 11.8 Å². The number of hydrogen-bond donors (Lipinski definition) is 2. The number of unbranched alkanes of at least 4 members (excludes halogenated alkanes) is 33. The summed E-state index contributed by atoms with van der Waals surface area (Å²) in [6.45, 7) is 6.16. The van der Waals surface area contributed by atoms with Gasteiger partial charge in [0.15, 0.2) is 0 Å². The Morgan fingerprint density at radius 2 is 0.519 bits per heavy atom. The topological polar surface area (TPSA) is 58.2 Å². The maximum Gasteiger partial charge on any atom is 0.219 e. The highest BCUT2D eigenvalue weighted by Crippen LogP contribution is 2.14. The first kappa shape index (κ1) is 52.4. The van der Waals surface area contributed by atoms with E-state index in [4.69, 9.17) is 0 Å². The van der Waals surface area contributed by atoms with E-state index in [0.717, 1.165) is 38.8 Å². The highest BCUT2D eigenvalue weighted by atomic mass is 16.2. The van der Waals surface area contributed by atoms with Crippen molar-refractivity contribution in [1.29, 1.82) is 0 Å². The highest BCUT2D eigenvalue weighted by molar-refractivity contribution is 5.77. The minimum Gasteiger partial charge on any atom is -0.356 e. The van der Waals surface area contributed by atoms with Crippen molar-refractivity contribution in [1.82, 2.24) is 10.6 Å². The standard InChI is InChI=1S/C50H96N2O2/c1-3-5-7-9-11-13-15-17-19-21-23-25-27-29-31-33-35-37-39-43-47-51-49(53)45-41-42-46-50(54)52-48-44-40-38-36-34-32-30-28-26-24-22-20-18-16-14-12-10-8-6-4-2/h17-20H,3-16,21-48H2,1-2H3,(H,51,53)(H,52,54). The fourth-order valence-electron chi connectivity index (χ4n) is 7.36. The fourth-order valence-corrected chi connectivity index (χ4v) is 7.36. The SMILES string of the molecule is CCCCCCCCC=CCCCCCCCCCCCCNC(=O)CCCCC(=O)NCCCCCCCCCCCCC=CCCCCCCCC. The molecular formula is C50H96N2O2. The van der Waals surface area contributed by atoms with Gasteiger partial charge >= 0.3 is 0 Å². The van der Waals surface area contributed by atoms with Crippen molar-refractivity contribution in [2.75, 3.05) is 13.1 Å². The lowest BCUT2D eigenvalue weighted by molar-refractivity contribution is -0.123. The van der Waals surface area contributed by atoms with Crippen LogP contribution in [0.25, 0.3) is 0 Å². The van der Waals surface area contributed by atoms with Gasteiger partial charge in [-0.15, -0.1) is 0 Å². The van der Waals surface area contributed by atoms with Crippen LogP contribution in [0.3, 0.4) is 0 Å². The fraction of sp³-hybridized carbons (Fsp3) is 0.880. The predicted octanol–water partition coefficient (Wildman–Crippen LogP) is 16.0. The van der Waals surface area contributed by atoms with Gasteiger partial charge in [0.25, 0.3) is 0 Å². The van der Waals surface area contributed by atoms with Crippen LogP contribution in [0.5, 0.6) is 0 Å². The number of allylic oxidation sites excluding steroid dienone is 4. The highest BCUT2D eigenvalue weighted by Gasteiger charge is 2.04. The third-order valence-corrected chi connectivity index (χ3v) is 11.1. The monoisotopic (exact) mass is 757 g/mol. The maximum atomic E-state index is 12.1. The summed E-state index contributed by atoms with van der Waals surface area (Å²) in [7, 11) is 0. The average molecular weight is 757 g/mol. The summed E-state index contributed by atoms with van der Waals surface area (Å²) in [5.41, 5.74) is 0. The van der Waals surface area contributed by atoms with Crippen molar-refractivity contribution in [3.05, 3.63) is 24.3 Å². The van der Waals surface area contributed by atoms with Gasteiger partial charge in [0.2, 0.25) is 11.8 Å². The summed E-state index contributed by atoms with van der Waals surface area (Å²) in [4.78, 5) is 24.3. The number of carbonyl (C=O) groups is 2. The first-order valence-electron chi connectivity index (χ1n) is 24.5. The molecule has 54 heavy (non-hydrogen) atoms. The summed E-state index contributed by atoms with van der Waals surface area (Å²) in [6.07, 6.45) is 60.4. The molecule has 0 radical (unpaired) electrons. The molecule has 4 heteroatoms. The quantitative estimate of drug-likeness (QED) is 0.0480.